The molecule has 2 amide bonds. The van der Waals surface area contributed by atoms with Crippen molar-refractivity contribution in [3.63, 3.8) is 0 Å². The average Bonchev–Trinajstić information content (AvgIpc) is 2.89. The van der Waals surface area contributed by atoms with Crippen molar-refractivity contribution in [3.8, 4) is 5.75 Å². The molecule has 0 spiro atoms. The fourth-order valence-electron chi connectivity index (χ4n) is 2.24. The number of carbonyl (C=O) groups is 2. The third-order valence-corrected chi connectivity index (χ3v) is 4.63. The number of rotatable bonds is 5. The van der Waals surface area contributed by atoms with Crippen LogP contribution in [0.3, 0.4) is 0 Å². The number of amides is 2. The smallest absolute Gasteiger partial charge is 0.290 e. The second kappa shape index (κ2) is 7.55. The van der Waals surface area contributed by atoms with Gasteiger partial charge in [-0.3, -0.25) is 14.9 Å². The van der Waals surface area contributed by atoms with Gasteiger partial charge in [-0.25, -0.2) is 0 Å². The lowest BCUT2D eigenvalue weighted by atomic mass is 10.1. The van der Waals surface area contributed by atoms with Crippen LogP contribution in [0.15, 0.2) is 53.4 Å². The molecule has 0 aliphatic carbocycles. The molecule has 6 heteroatoms. The van der Waals surface area contributed by atoms with E-state index < -0.39 is 5.91 Å². The van der Waals surface area contributed by atoms with E-state index in [0.717, 1.165) is 18.2 Å². The number of thioether (sulfide) groups is 1. The van der Waals surface area contributed by atoms with Crippen molar-refractivity contribution in [2.75, 3.05) is 6.61 Å². The summed E-state index contributed by atoms with van der Waals surface area (Å²) in [6.07, 6.45) is 2.37. The Hall–Kier alpha value is -2.24. The average molecular weight is 360 g/mol. The standard InChI is InChI=1S/C18H14ClNO3S/c19-16-13(11-15-17(21)20-18(22)24-15)7-4-8-14(16)23-10-9-12-5-2-1-3-6-12/h1-8,11H,9-10H2,(H,20,21,22)/b15-11-. The van der Waals surface area contributed by atoms with E-state index >= 15 is 0 Å². The van der Waals surface area contributed by atoms with Crippen molar-refractivity contribution in [1.82, 2.24) is 5.32 Å². The van der Waals surface area contributed by atoms with Crippen LogP contribution in [0, 0.1) is 0 Å². The molecular formula is C18H14ClNO3S. The van der Waals surface area contributed by atoms with Gasteiger partial charge >= 0.3 is 0 Å². The lowest BCUT2D eigenvalue weighted by Gasteiger charge is -2.10. The van der Waals surface area contributed by atoms with Gasteiger partial charge in [0, 0.05) is 6.42 Å². The lowest BCUT2D eigenvalue weighted by molar-refractivity contribution is -0.115. The van der Waals surface area contributed by atoms with E-state index in [4.69, 9.17) is 16.3 Å². The van der Waals surface area contributed by atoms with E-state index in [0.29, 0.717) is 27.8 Å². The van der Waals surface area contributed by atoms with Gasteiger partial charge in [0.1, 0.15) is 5.75 Å². The molecule has 1 saturated heterocycles. The highest BCUT2D eigenvalue weighted by Crippen LogP contribution is 2.33. The second-order valence-electron chi connectivity index (χ2n) is 5.10. The molecule has 1 heterocycles. The molecule has 0 bridgehead atoms. The Morgan fingerprint density at radius 3 is 2.58 bits per heavy atom. The summed E-state index contributed by atoms with van der Waals surface area (Å²) < 4.78 is 5.76. The molecular weight excluding hydrogens is 346 g/mol. The van der Waals surface area contributed by atoms with E-state index in [1.807, 2.05) is 30.3 Å². The number of halogens is 1. The Kier molecular flexibility index (Phi) is 5.23. The first-order chi connectivity index (χ1) is 11.6. The molecule has 122 valence electrons. The normalized spacial score (nSPS) is 15.6. The Morgan fingerprint density at radius 2 is 1.88 bits per heavy atom. The molecule has 3 rings (SSSR count). The summed E-state index contributed by atoms with van der Waals surface area (Å²) in [5.74, 6) is 0.146. The minimum atomic E-state index is -0.406. The summed E-state index contributed by atoms with van der Waals surface area (Å²) in [5.41, 5.74) is 1.82. The van der Waals surface area contributed by atoms with Crippen molar-refractivity contribution < 1.29 is 14.3 Å². The van der Waals surface area contributed by atoms with Crippen LogP contribution in [-0.2, 0) is 11.2 Å². The first kappa shape index (κ1) is 16.6. The summed E-state index contributed by atoms with van der Waals surface area (Å²) in [5, 5.41) is 2.26. The van der Waals surface area contributed by atoms with Crippen LogP contribution in [-0.4, -0.2) is 17.8 Å². The van der Waals surface area contributed by atoms with Crippen LogP contribution in [0.5, 0.6) is 5.75 Å². The minimum Gasteiger partial charge on any atom is -0.492 e. The maximum absolute atomic E-state index is 11.6. The summed E-state index contributed by atoms with van der Waals surface area (Å²) >= 11 is 7.22. The minimum absolute atomic E-state index is 0.323. The van der Waals surface area contributed by atoms with E-state index in [1.165, 1.54) is 5.56 Å². The molecule has 0 radical (unpaired) electrons. The van der Waals surface area contributed by atoms with Gasteiger partial charge in [0.05, 0.1) is 16.5 Å². The molecule has 1 aliphatic heterocycles. The fraction of sp³-hybridized carbons (Fsp3) is 0.111. The van der Waals surface area contributed by atoms with Crippen molar-refractivity contribution >= 4 is 40.6 Å². The Morgan fingerprint density at radius 1 is 1.08 bits per heavy atom. The van der Waals surface area contributed by atoms with Crippen LogP contribution in [0.2, 0.25) is 5.02 Å². The predicted molar refractivity (Wildman–Crippen MR) is 96.2 cm³/mol. The maximum atomic E-state index is 11.6. The van der Waals surface area contributed by atoms with Crippen molar-refractivity contribution in [3.05, 3.63) is 69.6 Å². The Labute approximate surface area is 148 Å². The van der Waals surface area contributed by atoms with E-state index in [-0.39, 0.29) is 5.24 Å². The largest absolute Gasteiger partial charge is 0.492 e. The Balaban J connectivity index is 1.70. The van der Waals surface area contributed by atoms with Gasteiger partial charge in [0.2, 0.25) is 0 Å². The number of nitrogens with one attached hydrogen (secondary N) is 1. The van der Waals surface area contributed by atoms with Gasteiger partial charge in [-0.15, -0.1) is 0 Å². The van der Waals surface area contributed by atoms with Gasteiger partial charge in [-0.1, -0.05) is 54.1 Å². The van der Waals surface area contributed by atoms with Crippen LogP contribution in [0.1, 0.15) is 11.1 Å². The molecule has 0 aromatic heterocycles. The highest BCUT2D eigenvalue weighted by Gasteiger charge is 2.25. The van der Waals surface area contributed by atoms with Crippen LogP contribution in [0.25, 0.3) is 6.08 Å². The quantitative estimate of drug-likeness (QED) is 0.809. The first-order valence-electron chi connectivity index (χ1n) is 7.33. The van der Waals surface area contributed by atoms with Crippen molar-refractivity contribution in [2.45, 2.75) is 6.42 Å². The van der Waals surface area contributed by atoms with E-state index in [1.54, 1.807) is 24.3 Å². The zero-order valence-corrected chi connectivity index (χ0v) is 14.2. The highest BCUT2D eigenvalue weighted by atomic mass is 35.5. The molecule has 2 aromatic carbocycles. The summed E-state index contributed by atoms with van der Waals surface area (Å²) in [6, 6.07) is 15.4. The fourth-order valence-corrected chi connectivity index (χ4v) is 3.14. The molecule has 0 atom stereocenters. The number of hydrogen-bond acceptors (Lipinski definition) is 4. The highest BCUT2D eigenvalue weighted by molar-refractivity contribution is 8.18. The summed E-state index contributed by atoms with van der Waals surface area (Å²) in [6.45, 7) is 0.498. The van der Waals surface area contributed by atoms with E-state index in [9.17, 15) is 9.59 Å². The third kappa shape index (κ3) is 3.99. The van der Waals surface area contributed by atoms with E-state index in [2.05, 4.69) is 5.32 Å². The van der Waals surface area contributed by atoms with Crippen molar-refractivity contribution in [1.29, 1.82) is 0 Å². The topological polar surface area (TPSA) is 55.4 Å². The molecule has 0 saturated carbocycles. The zero-order chi connectivity index (χ0) is 16.9. The number of carbonyl (C=O) groups excluding carboxylic acids is 2. The van der Waals surface area contributed by atoms with Crippen LogP contribution >= 0.6 is 23.4 Å². The van der Waals surface area contributed by atoms with Gasteiger partial charge in [-0.05, 0) is 35.0 Å². The predicted octanol–water partition coefficient (Wildman–Crippen LogP) is 4.29. The number of imide groups is 1. The monoisotopic (exact) mass is 359 g/mol. The molecule has 0 unspecified atom stereocenters. The van der Waals surface area contributed by atoms with Gasteiger partial charge in [0.15, 0.2) is 0 Å². The molecule has 24 heavy (non-hydrogen) atoms. The number of ether oxygens (including phenoxy) is 1. The van der Waals surface area contributed by atoms with Gasteiger partial charge in [-0.2, -0.15) is 0 Å². The second-order valence-corrected chi connectivity index (χ2v) is 6.49. The van der Waals surface area contributed by atoms with Crippen LogP contribution in [0.4, 0.5) is 4.79 Å². The number of hydrogen-bond donors (Lipinski definition) is 1. The molecule has 1 aliphatic rings. The third-order valence-electron chi connectivity index (χ3n) is 3.41. The zero-order valence-electron chi connectivity index (χ0n) is 12.6. The molecule has 2 aromatic rings. The lowest BCUT2D eigenvalue weighted by Crippen LogP contribution is -2.17. The molecule has 1 N–H and O–H groups in total. The number of benzene rings is 2. The van der Waals surface area contributed by atoms with Gasteiger partial charge < -0.3 is 4.74 Å². The van der Waals surface area contributed by atoms with Crippen molar-refractivity contribution in [2.24, 2.45) is 0 Å². The van der Waals surface area contributed by atoms with Crippen LogP contribution < -0.4 is 10.1 Å². The molecule has 4 nitrogen and oxygen atoms in total. The summed E-state index contributed by atoms with van der Waals surface area (Å²) in [4.78, 5) is 23.2. The summed E-state index contributed by atoms with van der Waals surface area (Å²) in [7, 11) is 0. The Bertz CT molecular complexity index is 805. The first-order valence-corrected chi connectivity index (χ1v) is 8.53. The maximum Gasteiger partial charge on any atom is 0.290 e. The SMILES string of the molecule is O=C1NC(=O)/C(=C/c2cccc(OCCc3ccccc3)c2Cl)S1. The molecule has 1 fully saturated rings. The van der Waals surface area contributed by atoms with Gasteiger partial charge in [0.25, 0.3) is 11.1 Å².